The monoisotopic (exact) mass is 271 g/mol. The Morgan fingerprint density at radius 3 is 2.32 bits per heavy atom. The Morgan fingerprint density at radius 1 is 1.26 bits per heavy atom. The molecule has 0 aromatic heterocycles. The Balaban J connectivity index is 2.47. The molecular formula is C14H25NO4. The molecule has 19 heavy (non-hydrogen) atoms. The van der Waals surface area contributed by atoms with Crippen molar-refractivity contribution in [1.29, 1.82) is 0 Å². The summed E-state index contributed by atoms with van der Waals surface area (Å²) in [5.74, 6) is -1.22. The number of hydrogen-bond donors (Lipinski definition) is 1. The molecule has 0 radical (unpaired) electrons. The van der Waals surface area contributed by atoms with E-state index in [0.29, 0.717) is 6.54 Å². The minimum absolute atomic E-state index is 0.144. The highest BCUT2D eigenvalue weighted by Gasteiger charge is 2.25. The molecular weight excluding hydrogens is 246 g/mol. The second kappa shape index (κ2) is 8.15. The molecule has 1 aliphatic rings. The van der Waals surface area contributed by atoms with Gasteiger partial charge in [0.15, 0.2) is 0 Å². The minimum atomic E-state index is -0.989. The van der Waals surface area contributed by atoms with Gasteiger partial charge in [0.1, 0.15) is 12.6 Å². The molecule has 0 bridgehead atoms. The fourth-order valence-electron chi connectivity index (χ4n) is 2.49. The summed E-state index contributed by atoms with van der Waals surface area (Å²) in [5.41, 5.74) is 0. The van der Waals surface area contributed by atoms with Crippen molar-refractivity contribution >= 4 is 11.9 Å². The van der Waals surface area contributed by atoms with Crippen molar-refractivity contribution in [3.8, 4) is 0 Å². The molecule has 0 aromatic carbocycles. The van der Waals surface area contributed by atoms with E-state index < -0.39 is 12.1 Å². The van der Waals surface area contributed by atoms with Gasteiger partial charge >= 0.3 is 5.97 Å². The maximum absolute atomic E-state index is 12.1. The number of hydrogen-bond acceptors (Lipinski definition) is 3. The Labute approximate surface area is 114 Å². The van der Waals surface area contributed by atoms with Crippen LogP contribution in [0.25, 0.3) is 0 Å². The highest BCUT2D eigenvalue weighted by molar-refractivity contribution is 5.84. The number of aliphatic carboxylic acids is 1. The number of carboxylic acid groups (broad SMARTS) is 1. The molecule has 1 aliphatic carbocycles. The van der Waals surface area contributed by atoms with E-state index in [4.69, 9.17) is 9.84 Å². The Hall–Kier alpha value is -1.10. The zero-order valence-corrected chi connectivity index (χ0v) is 11.9. The number of amides is 1. The van der Waals surface area contributed by atoms with Crippen molar-refractivity contribution < 1.29 is 19.4 Å². The molecule has 0 saturated heterocycles. The maximum Gasteiger partial charge on any atom is 0.323 e. The summed E-state index contributed by atoms with van der Waals surface area (Å²) >= 11 is 0. The van der Waals surface area contributed by atoms with Gasteiger partial charge in [-0.1, -0.05) is 25.7 Å². The van der Waals surface area contributed by atoms with Crippen LogP contribution in [0, 0.1) is 0 Å². The predicted molar refractivity (Wildman–Crippen MR) is 71.9 cm³/mol. The Morgan fingerprint density at radius 2 is 1.84 bits per heavy atom. The normalized spacial score (nSPS) is 18.6. The molecule has 1 N–H and O–H groups in total. The fourth-order valence-corrected chi connectivity index (χ4v) is 2.49. The highest BCUT2D eigenvalue weighted by Crippen LogP contribution is 2.21. The lowest BCUT2D eigenvalue weighted by molar-refractivity contribution is -0.152. The number of carbonyl (C=O) groups is 2. The number of carboxylic acids is 1. The molecule has 1 amide bonds. The van der Waals surface area contributed by atoms with Crippen LogP contribution in [0.2, 0.25) is 0 Å². The molecule has 1 atom stereocenters. The quantitative estimate of drug-likeness (QED) is 0.751. The van der Waals surface area contributed by atoms with E-state index in [-0.39, 0.29) is 18.6 Å². The number of carbonyl (C=O) groups excluding carboxylic acids is 1. The van der Waals surface area contributed by atoms with Crippen molar-refractivity contribution in [1.82, 2.24) is 4.90 Å². The summed E-state index contributed by atoms with van der Waals surface area (Å²) in [4.78, 5) is 24.1. The number of rotatable bonds is 6. The molecule has 0 spiro atoms. The first-order chi connectivity index (χ1) is 9.04. The van der Waals surface area contributed by atoms with E-state index in [1.807, 2.05) is 0 Å². The summed E-state index contributed by atoms with van der Waals surface area (Å²) in [5, 5.41) is 8.77. The number of likely N-dealkylation sites (N-methyl/N-ethyl adjacent to an activating group) is 1. The van der Waals surface area contributed by atoms with Crippen molar-refractivity contribution in [3.63, 3.8) is 0 Å². The summed E-state index contributed by atoms with van der Waals surface area (Å²) < 4.78 is 5.81. The topological polar surface area (TPSA) is 66.8 Å². The first-order valence-corrected chi connectivity index (χ1v) is 7.20. The lowest BCUT2D eigenvalue weighted by Crippen LogP contribution is -2.43. The second-order valence-electron chi connectivity index (χ2n) is 5.14. The van der Waals surface area contributed by atoms with E-state index in [0.717, 1.165) is 25.7 Å². The number of nitrogens with zero attached hydrogens (tertiary/aromatic N) is 1. The number of ether oxygens (including phenoxy) is 1. The molecule has 1 fully saturated rings. The van der Waals surface area contributed by atoms with Gasteiger partial charge in [0.2, 0.25) is 0 Å². The smallest absolute Gasteiger partial charge is 0.323 e. The molecule has 1 rings (SSSR count). The van der Waals surface area contributed by atoms with E-state index in [9.17, 15) is 9.59 Å². The average molecular weight is 271 g/mol. The van der Waals surface area contributed by atoms with Gasteiger partial charge in [0.05, 0.1) is 6.10 Å². The van der Waals surface area contributed by atoms with Gasteiger partial charge in [-0.05, 0) is 26.7 Å². The van der Waals surface area contributed by atoms with Gasteiger partial charge in [-0.15, -0.1) is 0 Å². The molecule has 5 nitrogen and oxygen atoms in total. The fraction of sp³-hybridized carbons (Fsp3) is 0.857. The Kier molecular flexibility index (Phi) is 6.84. The van der Waals surface area contributed by atoms with Gasteiger partial charge in [-0.2, -0.15) is 0 Å². The SMILES string of the molecule is CCN(CC(=O)O)C(=O)C(C)OC1CCCCCC1. The van der Waals surface area contributed by atoms with Crippen molar-refractivity contribution in [2.24, 2.45) is 0 Å². The van der Waals surface area contributed by atoms with Crippen LogP contribution in [0.4, 0.5) is 0 Å². The molecule has 1 saturated carbocycles. The highest BCUT2D eigenvalue weighted by atomic mass is 16.5. The van der Waals surface area contributed by atoms with E-state index >= 15 is 0 Å². The van der Waals surface area contributed by atoms with Crippen LogP contribution in [-0.4, -0.2) is 47.2 Å². The van der Waals surface area contributed by atoms with Gasteiger partial charge in [0, 0.05) is 6.54 Å². The third-order valence-electron chi connectivity index (χ3n) is 3.57. The zero-order valence-electron chi connectivity index (χ0n) is 11.9. The van der Waals surface area contributed by atoms with Crippen LogP contribution in [0.1, 0.15) is 52.4 Å². The summed E-state index contributed by atoms with van der Waals surface area (Å²) in [7, 11) is 0. The second-order valence-corrected chi connectivity index (χ2v) is 5.14. The summed E-state index contributed by atoms with van der Waals surface area (Å²) in [6.45, 7) is 3.63. The minimum Gasteiger partial charge on any atom is -0.480 e. The third-order valence-corrected chi connectivity index (χ3v) is 3.57. The third kappa shape index (κ3) is 5.59. The zero-order chi connectivity index (χ0) is 14.3. The Bertz CT molecular complexity index is 298. The lowest BCUT2D eigenvalue weighted by Gasteiger charge is -2.26. The molecule has 0 heterocycles. The first-order valence-electron chi connectivity index (χ1n) is 7.20. The molecule has 5 heteroatoms. The van der Waals surface area contributed by atoms with Crippen LogP contribution in [0.5, 0.6) is 0 Å². The van der Waals surface area contributed by atoms with Crippen LogP contribution >= 0.6 is 0 Å². The van der Waals surface area contributed by atoms with Crippen LogP contribution in [0.15, 0.2) is 0 Å². The summed E-state index contributed by atoms with van der Waals surface area (Å²) in [6, 6.07) is 0. The van der Waals surface area contributed by atoms with Crippen LogP contribution < -0.4 is 0 Å². The molecule has 0 aliphatic heterocycles. The van der Waals surface area contributed by atoms with Crippen molar-refractivity contribution in [2.45, 2.75) is 64.6 Å². The van der Waals surface area contributed by atoms with Crippen molar-refractivity contribution in [3.05, 3.63) is 0 Å². The summed E-state index contributed by atoms with van der Waals surface area (Å²) in [6.07, 6.45) is 6.37. The van der Waals surface area contributed by atoms with Crippen LogP contribution in [0.3, 0.4) is 0 Å². The van der Waals surface area contributed by atoms with E-state index in [2.05, 4.69) is 0 Å². The molecule has 1 unspecified atom stereocenters. The van der Waals surface area contributed by atoms with Gasteiger partial charge in [-0.3, -0.25) is 9.59 Å². The first kappa shape index (κ1) is 16.0. The standard InChI is InChI=1S/C14H25NO4/c1-3-15(10-13(16)17)14(18)11(2)19-12-8-6-4-5-7-9-12/h11-12H,3-10H2,1-2H3,(H,16,17). The predicted octanol–water partition coefficient (Wildman–Crippen LogP) is 2.05. The maximum atomic E-state index is 12.1. The van der Waals surface area contributed by atoms with Crippen LogP contribution in [-0.2, 0) is 14.3 Å². The van der Waals surface area contributed by atoms with E-state index in [1.54, 1.807) is 13.8 Å². The van der Waals surface area contributed by atoms with Crippen molar-refractivity contribution in [2.75, 3.05) is 13.1 Å². The molecule has 110 valence electrons. The molecule has 0 aromatic rings. The van der Waals surface area contributed by atoms with E-state index in [1.165, 1.54) is 17.7 Å². The largest absolute Gasteiger partial charge is 0.480 e. The lowest BCUT2D eigenvalue weighted by atomic mass is 10.1. The average Bonchev–Trinajstić information content (AvgIpc) is 2.63. The van der Waals surface area contributed by atoms with Gasteiger partial charge in [0.25, 0.3) is 5.91 Å². The van der Waals surface area contributed by atoms with Gasteiger partial charge in [-0.25, -0.2) is 0 Å². The van der Waals surface area contributed by atoms with Gasteiger partial charge < -0.3 is 14.7 Å².